The molecular formula is C14H11BrN2O3S2. The average molecular weight is 399 g/mol. The molecule has 114 valence electrons. The first kappa shape index (κ1) is 16.7. The summed E-state index contributed by atoms with van der Waals surface area (Å²) in [5.74, 6) is 0. The largest absolute Gasteiger partial charge is 0.280 e. The van der Waals surface area contributed by atoms with Crippen LogP contribution in [0.15, 0.2) is 56.7 Å². The predicted octanol–water partition coefficient (Wildman–Crippen LogP) is 2.86. The van der Waals surface area contributed by atoms with Gasteiger partial charge in [-0.3, -0.25) is 8.93 Å². The highest BCUT2D eigenvalue weighted by atomic mass is 79.9. The van der Waals surface area contributed by atoms with Crippen molar-refractivity contribution in [3.63, 3.8) is 0 Å². The summed E-state index contributed by atoms with van der Waals surface area (Å²) in [5.41, 5.74) is 0.321. The predicted molar refractivity (Wildman–Crippen MR) is 88.4 cm³/mol. The fraction of sp³-hybridized carbons (Fsp3) is 0.0714. The second kappa shape index (κ2) is 6.60. The smallest absolute Gasteiger partial charge is 0.263 e. The van der Waals surface area contributed by atoms with Gasteiger partial charge in [-0.2, -0.15) is 5.26 Å². The molecule has 0 heterocycles. The molecule has 0 amide bonds. The van der Waals surface area contributed by atoms with Gasteiger partial charge >= 0.3 is 0 Å². The number of hydrogen-bond donors (Lipinski definition) is 1. The van der Waals surface area contributed by atoms with Crippen LogP contribution in [0.25, 0.3) is 0 Å². The first-order valence-electron chi connectivity index (χ1n) is 6.00. The molecule has 2 rings (SSSR count). The van der Waals surface area contributed by atoms with E-state index in [2.05, 4.69) is 20.7 Å². The molecule has 0 fully saturated rings. The number of nitriles is 1. The van der Waals surface area contributed by atoms with Crippen LogP contribution in [0.3, 0.4) is 0 Å². The SMILES string of the molecule is C[S@](=O)c1cccc(NS(=O)(=O)c2cccc(Br)c2C#N)c1. The summed E-state index contributed by atoms with van der Waals surface area (Å²) in [6, 6.07) is 12.7. The van der Waals surface area contributed by atoms with Gasteiger partial charge < -0.3 is 0 Å². The molecule has 0 saturated heterocycles. The van der Waals surface area contributed by atoms with Crippen LogP contribution in [0.5, 0.6) is 0 Å². The van der Waals surface area contributed by atoms with Crippen LogP contribution < -0.4 is 4.72 Å². The maximum Gasteiger partial charge on any atom is 0.263 e. The maximum atomic E-state index is 12.5. The minimum Gasteiger partial charge on any atom is -0.280 e. The fourth-order valence-electron chi connectivity index (χ4n) is 1.79. The molecule has 0 aromatic heterocycles. The first-order valence-corrected chi connectivity index (χ1v) is 9.83. The monoisotopic (exact) mass is 398 g/mol. The topological polar surface area (TPSA) is 87.0 Å². The van der Waals surface area contributed by atoms with Crippen LogP contribution in [0, 0.1) is 11.3 Å². The Bertz CT molecular complexity index is 889. The zero-order valence-electron chi connectivity index (χ0n) is 11.4. The number of rotatable bonds is 4. The van der Waals surface area contributed by atoms with Crippen LogP contribution in [-0.2, 0) is 20.8 Å². The molecule has 0 aliphatic carbocycles. The van der Waals surface area contributed by atoms with Crippen molar-refractivity contribution in [3.8, 4) is 6.07 Å². The molecule has 1 atom stereocenters. The molecule has 0 aliphatic heterocycles. The zero-order valence-corrected chi connectivity index (χ0v) is 14.6. The molecule has 0 saturated carbocycles. The van der Waals surface area contributed by atoms with E-state index in [9.17, 15) is 12.6 Å². The lowest BCUT2D eigenvalue weighted by Crippen LogP contribution is -2.14. The van der Waals surface area contributed by atoms with Crippen molar-refractivity contribution >= 4 is 42.4 Å². The number of halogens is 1. The molecule has 0 unspecified atom stereocenters. The molecular weight excluding hydrogens is 388 g/mol. The standard InChI is InChI=1S/C14H11BrN2O3S2/c1-21(18)11-5-2-4-10(8-11)17-22(19,20)14-7-3-6-13(15)12(14)9-16/h2-8,17H,1H3/t21-/m0/s1. The van der Waals surface area contributed by atoms with Gasteiger partial charge in [-0.25, -0.2) is 8.42 Å². The number of hydrogen-bond acceptors (Lipinski definition) is 4. The lowest BCUT2D eigenvalue weighted by molar-refractivity contribution is 0.601. The molecule has 2 aromatic rings. The molecule has 22 heavy (non-hydrogen) atoms. The van der Waals surface area contributed by atoms with Crippen molar-refractivity contribution in [1.29, 1.82) is 5.26 Å². The van der Waals surface area contributed by atoms with Crippen molar-refractivity contribution in [2.75, 3.05) is 11.0 Å². The lowest BCUT2D eigenvalue weighted by Gasteiger charge is -2.10. The number of nitrogens with zero attached hydrogens (tertiary/aromatic N) is 1. The van der Waals surface area contributed by atoms with Gasteiger partial charge in [-0.05, 0) is 46.3 Å². The first-order chi connectivity index (χ1) is 10.3. The summed E-state index contributed by atoms with van der Waals surface area (Å²) in [6.45, 7) is 0. The molecule has 0 aliphatic rings. The Balaban J connectivity index is 2.45. The van der Waals surface area contributed by atoms with Crippen molar-refractivity contribution in [3.05, 3.63) is 52.5 Å². The third kappa shape index (κ3) is 3.55. The fourth-order valence-corrected chi connectivity index (χ4v) is 4.16. The van der Waals surface area contributed by atoms with Crippen LogP contribution in [0.2, 0.25) is 0 Å². The summed E-state index contributed by atoms with van der Waals surface area (Å²) in [7, 11) is -5.14. The molecule has 0 bridgehead atoms. The summed E-state index contributed by atoms with van der Waals surface area (Å²) < 4.78 is 39.2. The van der Waals surface area contributed by atoms with E-state index >= 15 is 0 Å². The summed E-state index contributed by atoms with van der Waals surface area (Å²) >= 11 is 3.16. The van der Waals surface area contributed by atoms with E-state index in [-0.39, 0.29) is 16.1 Å². The van der Waals surface area contributed by atoms with Gasteiger partial charge in [-0.15, -0.1) is 0 Å². The Kier molecular flexibility index (Phi) is 5.01. The van der Waals surface area contributed by atoms with Crippen LogP contribution in [0.1, 0.15) is 5.56 Å². The van der Waals surface area contributed by atoms with Gasteiger partial charge in [0, 0.05) is 26.4 Å². The second-order valence-electron chi connectivity index (χ2n) is 4.31. The van der Waals surface area contributed by atoms with Crippen LogP contribution in [-0.4, -0.2) is 18.9 Å². The second-order valence-corrected chi connectivity index (χ2v) is 8.20. The Hall–Kier alpha value is -1.69. The molecule has 0 radical (unpaired) electrons. The summed E-state index contributed by atoms with van der Waals surface area (Å²) in [6.07, 6.45) is 1.51. The van der Waals surface area contributed by atoms with Crippen molar-refractivity contribution in [1.82, 2.24) is 0 Å². The molecule has 2 aromatic carbocycles. The maximum absolute atomic E-state index is 12.5. The van der Waals surface area contributed by atoms with Crippen molar-refractivity contribution < 1.29 is 12.6 Å². The summed E-state index contributed by atoms with van der Waals surface area (Å²) in [5, 5.41) is 9.13. The Morgan fingerprint density at radius 2 is 1.91 bits per heavy atom. The highest BCUT2D eigenvalue weighted by molar-refractivity contribution is 9.10. The minimum atomic E-state index is -3.92. The number of benzene rings is 2. The number of nitrogens with one attached hydrogen (secondary N) is 1. The van der Waals surface area contributed by atoms with Crippen LogP contribution in [0.4, 0.5) is 5.69 Å². The van der Waals surface area contributed by atoms with Gasteiger partial charge in [0.15, 0.2) is 0 Å². The zero-order chi connectivity index (χ0) is 16.3. The minimum absolute atomic E-state index is 0.0326. The average Bonchev–Trinajstić information content (AvgIpc) is 2.46. The van der Waals surface area contributed by atoms with E-state index < -0.39 is 20.8 Å². The van der Waals surface area contributed by atoms with Gasteiger partial charge in [0.25, 0.3) is 10.0 Å². The van der Waals surface area contributed by atoms with Crippen molar-refractivity contribution in [2.24, 2.45) is 0 Å². The number of anilines is 1. The third-order valence-corrected chi connectivity index (χ3v) is 5.80. The van der Waals surface area contributed by atoms with E-state index in [1.54, 1.807) is 24.3 Å². The Labute approximate surface area is 139 Å². The van der Waals surface area contributed by atoms with Gasteiger partial charge in [0.05, 0.1) is 11.3 Å². The van der Waals surface area contributed by atoms with Crippen molar-refractivity contribution in [2.45, 2.75) is 9.79 Å². The van der Waals surface area contributed by atoms with E-state index in [1.165, 1.54) is 24.5 Å². The molecule has 5 nitrogen and oxygen atoms in total. The van der Waals surface area contributed by atoms with E-state index in [0.717, 1.165) is 0 Å². The van der Waals surface area contributed by atoms with Gasteiger partial charge in [-0.1, -0.05) is 12.1 Å². The Morgan fingerprint density at radius 1 is 1.23 bits per heavy atom. The highest BCUT2D eigenvalue weighted by Crippen LogP contribution is 2.25. The Morgan fingerprint density at radius 3 is 2.55 bits per heavy atom. The molecule has 8 heteroatoms. The van der Waals surface area contributed by atoms with E-state index in [4.69, 9.17) is 5.26 Å². The lowest BCUT2D eigenvalue weighted by atomic mass is 10.2. The van der Waals surface area contributed by atoms with E-state index in [0.29, 0.717) is 9.37 Å². The van der Waals surface area contributed by atoms with Gasteiger partial charge in [0.1, 0.15) is 11.0 Å². The summed E-state index contributed by atoms with van der Waals surface area (Å²) in [4.78, 5) is 0.391. The highest BCUT2D eigenvalue weighted by Gasteiger charge is 2.20. The number of sulfonamides is 1. The normalized spacial score (nSPS) is 12.4. The molecule has 0 spiro atoms. The van der Waals surface area contributed by atoms with E-state index in [1.807, 2.05) is 6.07 Å². The third-order valence-electron chi connectivity index (χ3n) is 2.79. The van der Waals surface area contributed by atoms with Crippen LogP contribution >= 0.6 is 15.9 Å². The van der Waals surface area contributed by atoms with Gasteiger partial charge in [0.2, 0.25) is 0 Å². The molecule has 1 N–H and O–H groups in total. The quantitative estimate of drug-likeness (QED) is 0.857.